The number of nitrogens with one attached hydrogen (secondary N) is 2. The summed E-state index contributed by atoms with van der Waals surface area (Å²) in [5.41, 5.74) is 3.55. The Kier molecular flexibility index (Phi) is 8.91. The Bertz CT molecular complexity index is 836. The van der Waals surface area contributed by atoms with Gasteiger partial charge in [-0.2, -0.15) is 0 Å². The summed E-state index contributed by atoms with van der Waals surface area (Å²) in [6.07, 6.45) is 2.67. The molecule has 0 bridgehead atoms. The third-order valence-electron chi connectivity index (χ3n) is 5.50. The molecular weight excluding hydrogens is 388 g/mol. The number of hydrogen-bond donors (Lipinski definition) is 2. The van der Waals surface area contributed by atoms with Crippen LogP contribution in [0.1, 0.15) is 49.0 Å². The Morgan fingerprint density at radius 3 is 2.52 bits per heavy atom. The summed E-state index contributed by atoms with van der Waals surface area (Å²) < 4.78 is 5.91. The molecule has 1 aliphatic rings. The summed E-state index contributed by atoms with van der Waals surface area (Å²) in [6.45, 7) is 5.85. The summed E-state index contributed by atoms with van der Waals surface area (Å²) in [7, 11) is 1.78. The van der Waals surface area contributed by atoms with Gasteiger partial charge in [0.1, 0.15) is 0 Å². The van der Waals surface area contributed by atoms with Crippen LogP contribution in [0, 0.1) is 0 Å². The fourth-order valence-corrected chi connectivity index (χ4v) is 3.62. The van der Waals surface area contributed by atoms with E-state index in [0.717, 1.165) is 31.9 Å². The second kappa shape index (κ2) is 12.1. The average molecular weight is 423 g/mol. The van der Waals surface area contributed by atoms with Crippen molar-refractivity contribution in [2.45, 2.75) is 45.4 Å². The minimum Gasteiger partial charge on any atom is -0.374 e. The molecule has 6 heteroatoms. The molecule has 3 rings (SSSR count). The molecule has 0 saturated carbocycles. The maximum atomic E-state index is 11.8. The van der Waals surface area contributed by atoms with Crippen molar-refractivity contribution in [2.75, 3.05) is 26.7 Å². The number of hydrogen-bond acceptors (Lipinski definition) is 3. The first-order chi connectivity index (χ1) is 15.2. The normalized spacial score (nSPS) is 15.2. The number of carbonyl (C=O) groups is 1. The average Bonchev–Trinajstić information content (AvgIpc) is 3.21. The van der Waals surface area contributed by atoms with Gasteiger partial charge in [0.2, 0.25) is 5.91 Å². The van der Waals surface area contributed by atoms with Crippen LogP contribution in [0.4, 0.5) is 0 Å². The second-order valence-electron chi connectivity index (χ2n) is 7.87. The minimum absolute atomic E-state index is 0.102. The highest BCUT2D eigenvalue weighted by atomic mass is 16.5. The first-order valence-electron chi connectivity index (χ1n) is 11.1. The first-order valence-corrected chi connectivity index (χ1v) is 11.1. The monoisotopic (exact) mass is 422 g/mol. The molecule has 31 heavy (non-hydrogen) atoms. The van der Waals surface area contributed by atoms with Crippen molar-refractivity contribution in [3.05, 3.63) is 71.3 Å². The van der Waals surface area contributed by atoms with E-state index in [4.69, 9.17) is 4.74 Å². The minimum atomic E-state index is 0.102. The Labute approximate surface area is 185 Å². The Hall–Kier alpha value is -2.86. The van der Waals surface area contributed by atoms with Crippen molar-refractivity contribution in [2.24, 2.45) is 4.99 Å². The summed E-state index contributed by atoms with van der Waals surface area (Å²) in [5, 5.41) is 6.68. The zero-order valence-electron chi connectivity index (χ0n) is 18.6. The Balaban J connectivity index is 1.32. The lowest BCUT2D eigenvalue weighted by Crippen LogP contribution is -2.37. The van der Waals surface area contributed by atoms with Crippen LogP contribution in [0.15, 0.2) is 59.6 Å². The quantitative estimate of drug-likeness (QED) is 0.349. The molecule has 6 nitrogen and oxygen atoms in total. The van der Waals surface area contributed by atoms with Crippen LogP contribution in [0.5, 0.6) is 0 Å². The van der Waals surface area contributed by atoms with Crippen LogP contribution >= 0.6 is 0 Å². The standard InChI is InChI=1S/C25H34N4O2/c1-20(23-8-4-3-5-9-23)31-17-7-15-27-25(26-2)28-18-21-11-13-22(14-12-21)19-29-16-6-10-24(29)30/h3-5,8-9,11-14,20H,6-7,10,15-19H2,1-2H3,(H2,26,27,28). The Morgan fingerprint density at radius 2 is 1.84 bits per heavy atom. The third-order valence-corrected chi connectivity index (χ3v) is 5.50. The molecule has 1 saturated heterocycles. The van der Waals surface area contributed by atoms with Crippen LogP contribution in [0.3, 0.4) is 0 Å². The van der Waals surface area contributed by atoms with Crippen LogP contribution in [0.25, 0.3) is 0 Å². The second-order valence-corrected chi connectivity index (χ2v) is 7.87. The fourth-order valence-electron chi connectivity index (χ4n) is 3.62. The van der Waals surface area contributed by atoms with Gasteiger partial charge in [-0.25, -0.2) is 0 Å². The summed E-state index contributed by atoms with van der Waals surface area (Å²) in [5.74, 6) is 1.04. The van der Waals surface area contributed by atoms with Crippen molar-refractivity contribution in [3.8, 4) is 0 Å². The number of benzene rings is 2. The van der Waals surface area contributed by atoms with Crippen molar-refractivity contribution in [1.29, 1.82) is 0 Å². The maximum absolute atomic E-state index is 11.8. The highest BCUT2D eigenvalue weighted by molar-refractivity contribution is 5.79. The van der Waals surface area contributed by atoms with Gasteiger partial charge in [0.15, 0.2) is 5.96 Å². The highest BCUT2D eigenvalue weighted by Gasteiger charge is 2.19. The highest BCUT2D eigenvalue weighted by Crippen LogP contribution is 2.16. The lowest BCUT2D eigenvalue weighted by atomic mass is 10.1. The summed E-state index contributed by atoms with van der Waals surface area (Å²) >= 11 is 0. The van der Waals surface area contributed by atoms with Crippen molar-refractivity contribution in [3.63, 3.8) is 0 Å². The van der Waals surface area contributed by atoms with Crippen molar-refractivity contribution >= 4 is 11.9 Å². The fraction of sp³-hybridized carbons (Fsp3) is 0.440. The van der Waals surface area contributed by atoms with E-state index < -0.39 is 0 Å². The van der Waals surface area contributed by atoms with Crippen LogP contribution in [0.2, 0.25) is 0 Å². The molecule has 1 aliphatic heterocycles. The zero-order chi connectivity index (χ0) is 21.9. The van der Waals surface area contributed by atoms with Gasteiger partial charge in [0.25, 0.3) is 0 Å². The predicted octanol–water partition coefficient (Wildman–Crippen LogP) is 3.64. The molecule has 2 aromatic rings. The van der Waals surface area contributed by atoms with Gasteiger partial charge in [-0.1, -0.05) is 54.6 Å². The number of guanidine groups is 1. The van der Waals surface area contributed by atoms with E-state index in [-0.39, 0.29) is 12.0 Å². The van der Waals surface area contributed by atoms with E-state index in [1.54, 1.807) is 7.05 Å². The molecule has 2 aromatic carbocycles. The molecule has 1 fully saturated rings. The first kappa shape index (κ1) is 22.8. The number of likely N-dealkylation sites (tertiary alicyclic amines) is 1. The van der Waals surface area contributed by atoms with Crippen LogP contribution in [-0.4, -0.2) is 43.5 Å². The van der Waals surface area contributed by atoms with E-state index in [9.17, 15) is 4.79 Å². The molecule has 2 N–H and O–H groups in total. The molecule has 0 spiro atoms. The molecule has 1 amide bonds. The molecule has 1 atom stereocenters. The predicted molar refractivity (Wildman–Crippen MR) is 125 cm³/mol. The van der Waals surface area contributed by atoms with Crippen LogP contribution < -0.4 is 10.6 Å². The number of rotatable bonds is 10. The number of amides is 1. The molecule has 0 aromatic heterocycles. The number of nitrogens with zero attached hydrogens (tertiary/aromatic N) is 2. The number of aliphatic imine (C=N–C) groups is 1. The maximum Gasteiger partial charge on any atom is 0.222 e. The van der Waals surface area contributed by atoms with Gasteiger partial charge in [0.05, 0.1) is 6.10 Å². The van der Waals surface area contributed by atoms with E-state index in [1.165, 1.54) is 16.7 Å². The topological polar surface area (TPSA) is 66.0 Å². The number of ether oxygens (including phenoxy) is 1. The van der Waals surface area contributed by atoms with E-state index in [0.29, 0.717) is 26.1 Å². The zero-order valence-corrected chi connectivity index (χ0v) is 18.6. The summed E-state index contributed by atoms with van der Waals surface area (Å²) in [4.78, 5) is 18.0. The van der Waals surface area contributed by atoms with Gasteiger partial charge in [-0.3, -0.25) is 9.79 Å². The van der Waals surface area contributed by atoms with Gasteiger partial charge >= 0.3 is 0 Å². The van der Waals surface area contributed by atoms with Gasteiger partial charge < -0.3 is 20.3 Å². The molecule has 166 valence electrons. The summed E-state index contributed by atoms with van der Waals surface area (Å²) in [6, 6.07) is 18.7. The van der Waals surface area contributed by atoms with E-state index >= 15 is 0 Å². The molecule has 0 aliphatic carbocycles. The number of carbonyl (C=O) groups excluding carboxylic acids is 1. The molecule has 1 heterocycles. The smallest absolute Gasteiger partial charge is 0.222 e. The van der Waals surface area contributed by atoms with Gasteiger partial charge in [0, 0.05) is 46.3 Å². The largest absolute Gasteiger partial charge is 0.374 e. The SMILES string of the molecule is CN=C(NCCCOC(C)c1ccccc1)NCc1ccc(CN2CCCC2=O)cc1. The van der Waals surface area contributed by atoms with Gasteiger partial charge in [-0.05, 0) is 36.5 Å². The van der Waals surface area contributed by atoms with Crippen molar-refractivity contribution < 1.29 is 9.53 Å². The molecule has 0 radical (unpaired) electrons. The van der Waals surface area contributed by atoms with Gasteiger partial charge in [-0.15, -0.1) is 0 Å². The van der Waals surface area contributed by atoms with Crippen LogP contribution in [-0.2, 0) is 22.6 Å². The third kappa shape index (κ3) is 7.40. The van der Waals surface area contributed by atoms with Crippen molar-refractivity contribution in [1.82, 2.24) is 15.5 Å². The lowest BCUT2D eigenvalue weighted by Gasteiger charge is -2.16. The van der Waals surface area contributed by atoms with E-state index in [2.05, 4.69) is 58.9 Å². The molecular formula is C25H34N4O2. The van der Waals surface area contributed by atoms with E-state index in [1.807, 2.05) is 23.1 Å². The Morgan fingerprint density at radius 1 is 1.10 bits per heavy atom. The lowest BCUT2D eigenvalue weighted by molar-refractivity contribution is -0.128. The molecule has 1 unspecified atom stereocenters.